The third kappa shape index (κ3) is 4.35. The zero-order valence-corrected chi connectivity index (χ0v) is 17.5. The van der Waals surface area contributed by atoms with E-state index in [1.165, 1.54) is 20.3 Å². The zero-order chi connectivity index (χ0) is 21.8. The van der Waals surface area contributed by atoms with Gasteiger partial charge in [-0.3, -0.25) is 9.59 Å². The summed E-state index contributed by atoms with van der Waals surface area (Å²) in [5.74, 6) is 0.786. The quantitative estimate of drug-likeness (QED) is 0.515. The molecule has 2 atom stereocenters. The third-order valence-corrected chi connectivity index (χ3v) is 5.00. The van der Waals surface area contributed by atoms with E-state index in [0.29, 0.717) is 29.2 Å². The van der Waals surface area contributed by atoms with Crippen LogP contribution >= 0.6 is 0 Å². The molecule has 1 aliphatic rings. The summed E-state index contributed by atoms with van der Waals surface area (Å²) in [5, 5.41) is 9.93. The molecule has 1 N–H and O–H groups in total. The van der Waals surface area contributed by atoms with Crippen molar-refractivity contribution in [1.29, 1.82) is 0 Å². The number of phenolic OH excluding ortho intramolecular Hbond substituents is 1. The number of phenols is 1. The van der Waals surface area contributed by atoms with E-state index >= 15 is 0 Å². The van der Waals surface area contributed by atoms with Crippen molar-refractivity contribution in [2.75, 3.05) is 20.8 Å². The van der Waals surface area contributed by atoms with Crippen LogP contribution in [-0.4, -0.2) is 38.2 Å². The van der Waals surface area contributed by atoms with Gasteiger partial charge in [-0.1, -0.05) is 19.9 Å². The first-order valence-electron chi connectivity index (χ1n) is 9.74. The Morgan fingerprint density at radius 2 is 1.90 bits per heavy atom. The number of aldehydes is 1. The van der Waals surface area contributed by atoms with Crippen molar-refractivity contribution in [2.45, 2.75) is 32.3 Å². The molecule has 7 nitrogen and oxygen atoms in total. The number of methoxy groups -OCH3 is 2. The highest BCUT2D eigenvalue weighted by Crippen LogP contribution is 2.51. The summed E-state index contributed by atoms with van der Waals surface area (Å²) in [6.45, 7) is 3.97. The van der Waals surface area contributed by atoms with Crippen LogP contribution in [0.5, 0.6) is 23.0 Å². The number of carbonyl (C=O) groups is 2. The van der Waals surface area contributed by atoms with E-state index in [4.69, 9.17) is 18.9 Å². The number of rotatable bonds is 8. The van der Waals surface area contributed by atoms with E-state index < -0.39 is 6.10 Å². The van der Waals surface area contributed by atoms with Crippen LogP contribution in [-0.2, 0) is 9.53 Å². The van der Waals surface area contributed by atoms with Gasteiger partial charge in [0.1, 0.15) is 19.0 Å². The molecular weight excluding hydrogens is 388 g/mol. The summed E-state index contributed by atoms with van der Waals surface area (Å²) < 4.78 is 22.4. The van der Waals surface area contributed by atoms with Gasteiger partial charge >= 0.3 is 5.97 Å². The Balaban J connectivity index is 2.00. The average molecular weight is 414 g/mol. The number of hydrogen-bond acceptors (Lipinski definition) is 7. The summed E-state index contributed by atoms with van der Waals surface area (Å²) in [6.07, 6.45) is 0.536. The van der Waals surface area contributed by atoms with E-state index in [9.17, 15) is 14.7 Å². The fourth-order valence-electron chi connectivity index (χ4n) is 3.56. The van der Waals surface area contributed by atoms with Crippen LogP contribution in [0.1, 0.15) is 53.8 Å². The molecular formula is C23H26O7. The maximum Gasteiger partial charge on any atom is 0.306 e. The topological polar surface area (TPSA) is 91.3 Å². The molecule has 2 aromatic rings. The number of aromatic hydroxyl groups is 1. The first-order chi connectivity index (χ1) is 14.4. The summed E-state index contributed by atoms with van der Waals surface area (Å²) in [7, 11) is 2.97. The predicted octanol–water partition coefficient (Wildman–Crippen LogP) is 4.03. The number of benzene rings is 2. The first-order valence-corrected chi connectivity index (χ1v) is 9.74. The lowest BCUT2D eigenvalue weighted by molar-refractivity contribution is -0.145. The fraction of sp³-hybridized carbons (Fsp3) is 0.391. The van der Waals surface area contributed by atoms with E-state index in [2.05, 4.69) is 0 Å². The Bertz CT molecular complexity index is 935. The molecule has 0 saturated carbocycles. The second-order valence-electron chi connectivity index (χ2n) is 7.62. The molecule has 30 heavy (non-hydrogen) atoms. The predicted molar refractivity (Wildman–Crippen MR) is 110 cm³/mol. The second-order valence-corrected chi connectivity index (χ2v) is 7.62. The van der Waals surface area contributed by atoms with Gasteiger partial charge in [0.15, 0.2) is 23.0 Å². The van der Waals surface area contributed by atoms with Gasteiger partial charge in [-0.2, -0.15) is 0 Å². The van der Waals surface area contributed by atoms with E-state index in [1.54, 1.807) is 24.3 Å². The molecule has 0 radical (unpaired) electrons. The lowest BCUT2D eigenvalue weighted by Gasteiger charge is -2.20. The fourth-order valence-corrected chi connectivity index (χ4v) is 3.56. The van der Waals surface area contributed by atoms with Crippen molar-refractivity contribution in [3.63, 3.8) is 0 Å². The molecule has 0 amide bonds. The van der Waals surface area contributed by atoms with Crippen LogP contribution < -0.4 is 14.2 Å². The number of hydrogen-bond donors (Lipinski definition) is 1. The van der Waals surface area contributed by atoms with Crippen LogP contribution in [0.25, 0.3) is 0 Å². The van der Waals surface area contributed by atoms with Crippen molar-refractivity contribution >= 4 is 12.3 Å². The van der Waals surface area contributed by atoms with Crippen LogP contribution in [0.3, 0.4) is 0 Å². The Kier molecular flexibility index (Phi) is 6.50. The Morgan fingerprint density at radius 3 is 2.53 bits per heavy atom. The smallest absolute Gasteiger partial charge is 0.306 e. The minimum absolute atomic E-state index is 0.0116. The number of fused-ring (bicyclic) bond motifs is 1. The molecule has 3 rings (SSSR count). The number of carbonyl (C=O) groups excluding carboxylic acids is 2. The molecule has 1 aliphatic heterocycles. The molecule has 0 bridgehead atoms. The third-order valence-electron chi connectivity index (χ3n) is 5.00. The molecule has 1 heterocycles. The minimum Gasteiger partial charge on any atom is -0.504 e. The second kappa shape index (κ2) is 9.07. The van der Waals surface area contributed by atoms with Crippen molar-refractivity contribution in [2.24, 2.45) is 5.92 Å². The van der Waals surface area contributed by atoms with Crippen LogP contribution in [0, 0.1) is 5.92 Å². The standard InChI is InChI=1S/C23H26O7/c1-13(2)7-21(26)29-12-17-16-8-14(11-24)9-20(28-4)23(16)30-22(17)15-5-6-18(25)19(10-15)27-3/h5-6,8-11,13,17,22,25H,7,12H2,1-4H3/t17-,22+/m1/s1. The molecule has 0 saturated heterocycles. The van der Waals surface area contributed by atoms with Gasteiger partial charge in [0.05, 0.1) is 20.1 Å². The summed E-state index contributed by atoms with van der Waals surface area (Å²) in [4.78, 5) is 23.6. The molecule has 0 fully saturated rings. The maximum absolute atomic E-state index is 12.2. The van der Waals surface area contributed by atoms with Gasteiger partial charge in [0, 0.05) is 17.5 Å². The molecule has 0 spiro atoms. The minimum atomic E-state index is -0.517. The highest BCUT2D eigenvalue weighted by molar-refractivity contribution is 5.78. The van der Waals surface area contributed by atoms with Crippen molar-refractivity contribution < 1.29 is 33.6 Å². The van der Waals surface area contributed by atoms with Gasteiger partial charge in [0.25, 0.3) is 0 Å². The van der Waals surface area contributed by atoms with Crippen LogP contribution in [0.2, 0.25) is 0 Å². The van der Waals surface area contributed by atoms with Crippen molar-refractivity contribution in [1.82, 2.24) is 0 Å². The summed E-state index contributed by atoms with van der Waals surface area (Å²) >= 11 is 0. The lowest BCUT2D eigenvalue weighted by Crippen LogP contribution is -2.18. The van der Waals surface area contributed by atoms with Crippen molar-refractivity contribution in [3.05, 3.63) is 47.0 Å². The number of ether oxygens (including phenoxy) is 4. The van der Waals surface area contributed by atoms with Crippen molar-refractivity contribution in [3.8, 4) is 23.0 Å². The molecule has 0 unspecified atom stereocenters. The number of esters is 1. The normalized spacial score (nSPS) is 17.2. The van der Waals surface area contributed by atoms with Gasteiger partial charge in [-0.05, 0) is 35.7 Å². The van der Waals surface area contributed by atoms with Gasteiger partial charge in [0.2, 0.25) is 0 Å². The molecule has 2 aromatic carbocycles. The van der Waals surface area contributed by atoms with E-state index in [-0.39, 0.29) is 30.2 Å². The van der Waals surface area contributed by atoms with E-state index in [0.717, 1.165) is 17.4 Å². The zero-order valence-electron chi connectivity index (χ0n) is 17.5. The molecule has 0 aromatic heterocycles. The SMILES string of the molecule is COc1cc([C@@H]2Oc3c(OC)cc(C=O)cc3[C@H]2COC(=O)CC(C)C)ccc1O. The van der Waals surface area contributed by atoms with Crippen LogP contribution in [0.15, 0.2) is 30.3 Å². The Labute approximate surface area is 175 Å². The summed E-state index contributed by atoms with van der Waals surface area (Å²) in [6, 6.07) is 8.26. The van der Waals surface area contributed by atoms with Gasteiger partial charge in [-0.15, -0.1) is 0 Å². The Hall–Kier alpha value is -3.22. The van der Waals surface area contributed by atoms with E-state index in [1.807, 2.05) is 13.8 Å². The highest BCUT2D eigenvalue weighted by atomic mass is 16.5. The van der Waals surface area contributed by atoms with Gasteiger partial charge in [-0.25, -0.2) is 0 Å². The monoisotopic (exact) mass is 414 g/mol. The van der Waals surface area contributed by atoms with Crippen LogP contribution in [0.4, 0.5) is 0 Å². The molecule has 160 valence electrons. The maximum atomic E-state index is 12.2. The first kappa shape index (κ1) is 21.5. The highest BCUT2D eigenvalue weighted by Gasteiger charge is 2.39. The summed E-state index contributed by atoms with van der Waals surface area (Å²) in [5.41, 5.74) is 1.91. The Morgan fingerprint density at radius 1 is 1.17 bits per heavy atom. The average Bonchev–Trinajstić information content (AvgIpc) is 3.09. The molecule has 0 aliphatic carbocycles. The van der Waals surface area contributed by atoms with Gasteiger partial charge < -0.3 is 24.1 Å². The largest absolute Gasteiger partial charge is 0.504 e. The molecule has 7 heteroatoms. The lowest BCUT2D eigenvalue weighted by atomic mass is 9.90.